The molecular formula is C20H21FN2O2. The van der Waals surface area contributed by atoms with Gasteiger partial charge in [-0.1, -0.05) is 13.0 Å². The highest BCUT2D eigenvalue weighted by atomic mass is 19.1. The standard InChI is InChI=1S/C20H21FN2O2/c1-14-9-11-23(12-10-14)20(25)16-4-2-3-15(13-16)19(24)22-18-7-5-17(21)6-8-18/h2-8,13-14H,9-12H2,1H3,(H,22,24). The first-order valence-electron chi connectivity index (χ1n) is 8.49. The van der Waals surface area contributed by atoms with Gasteiger partial charge in [-0.05, 0) is 61.2 Å². The van der Waals surface area contributed by atoms with Gasteiger partial charge in [0.2, 0.25) is 0 Å². The van der Waals surface area contributed by atoms with Crippen LogP contribution in [0.2, 0.25) is 0 Å². The number of anilines is 1. The lowest BCUT2D eigenvalue weighted by molar-refractivity contribution is 0.0697. The van der Waals surface area contributed by atoms with Gasteiger partial charge in [0, 0.05) is 29.9 Å². The second-order valence-electron chi connectivity index (χ2n) is 6.52. The molecule has 0 saturated carbocycles. The van der Waals surface area contributed by atoms with Crippen LogP contribution in [0.15, 0.2) is 48.5 Å². The zero-order chi connectivity index (χ0) is 17.8. The van der Waals surface area contributed by atoms with E-state index in [9.17, 15) is 14.0 Å². The van der Waals surface area contributed by atoms with Crippen molar-refractivity contribution < 1.29 is 14.0 Å². The summed E-state index contributed by atoms with van der Waals surface area (Å²) in [5.41, 5.74) is 1.43. The number of nitrogens with zero attached hydrogens (tertiary/aromatic N) is 1. The van der Waals surface area contributed by atoms with Crippen LogP contribution in [-0.2, 0) is 0 Å². The van der Waals surface area contributed by atoms with Crippen molar-refractivity contribution in [1.82, 2.24) is 4.90 Å². The van der Waals surface area contributed by atoms with E-state index in [1.54, 1.807) is 24.3 Å². The summed E-state index contributed by atoms with van der Waals surface area (Å²) in [7, 11) is 0. The molecule has 1 aliphatic heterocycles. The highest BCUT2D eigenvalue weighted by Crippen LogP contribution is 2.19. The minimum Gasteiger partial charge on any atom is -0.339 e. The lowest BCUT2D eigenvalue weighted by Crippen LogP contribution is -2.38. The Balaban J connectivity index is 1.71. The van der Waals surface area contributed by atoms with Gasteiger partial charge in [-0.2, -0.15) is 0 Å². The third kappa shape index (κ3) is 4.24. The number of carbonyl (C=O) groups is 2. The zero-order valence-electron chi connectivity index (χ0n) is 14.2. The Kier molecular flexibility index (Phi) is 5.12. The highest BCUT2D eigenvalue weighted by molar-refractivity contribution is 6.06. The molecule has 0 radical (unpaired) electrons. The second kappa shape index (κ2) is 7.47. The molecule has 130 valence electrons. The van der Waals surface area contributed by atoms with Gasteiger partial charge in [0.15, 0.2) is 0 Å². The summed E-state index contributed by atoms with van der Waals surface area (Å²) >= 11 is 0. The Morgan fingerprint density at radius 2 is 1.68 bits per heavy atom. The quantitative estimate of drug-likeness (QED) is 0.920. The van der Waals surface area contributed by atoms with Gasteiger partial charge in [0.25, 0.3) is 11.8 Å². The second-order valence-corrected chi connectivity index (χ2v) is 6.52. The number of halogens is 1. The number of nitrogens with one attached hydrogen (secondary N) is 1. The molecule has 2 amide bonds. The fourth-order valence-electron chi connectivity index (χ4n) is 2.92. The zero-order valence-corrected chi connectivity index (χ0v) is 14.2. The van der Waals surface area contributed by atoms with E-state index in [4.69, 9.17) is 0 Å². The van der Waals surface area contributed by atoms with Crippen molar-refractivity contribution in [2.24, 2.45) is 5.92 Å². The number of rotatable bonds is 3. The molecule has 1 heterocycles. The van der Waals surface area contributed by atoms with Crippen molar-refractivity contribution >= 4 is 17.5 Å². The lowest BCUT2D eigenvalue weighted by Gasteiger charge is -2.30. The number of piperidine rings is 1. The van der Waals surface area contributed by atoms with E-state index in [1.807, 2.05) is 4.90 Å². The summed E-state index contributed by atoms with van der Waals surface area (Å²) in [6, 6.07) is 12.3. The maximum absolute atomic E-state index is 12.9. The van der Waals surface area contributed by atoms with E-state index in [0.29, 0.717) is 22.7 Å². The number of likely N-dealkylation sites (tertiary alicyclic amines) is 1. The number of hydrogen-bond donors (Lipinski definition) is 1. The molecule has 0 aromatic heterocycles. The van der Waals surface area contributed by atoms with Crippen LogP contribution in [0.25, 0.3) is 0 Å². The monoisotopic (exact) mass is 340 g/mol. The third-order valence-corrected chi connectivity index (χ3v) is 4.54. The Morgan fingerprint density at radius 3 is 2.36 bits per heavy atom. The normalized spacial score (nSPS) is 15.0. The largest absolute Gasteiger partial charge is 0.339 e. The molecule has 1 aliphatic rings. The van der Waals surface area contributed by atoms with Crippen LogP contribution in [0.5, 0.6) is 0 Å². The van der Waals surface area contributed by atoms with Crippen molar-refractivity contribution in [2.75, 3.05) is 18.4 Å². The number of amides is 2. The maximum atomic E-state index is 12.9. The topological polar surface area (TPSA) is 49.4 Å². The van der Waals surface area contributed by atoms with Crippen molar-refractivity contribution in [3.63, 3.8) is 0 Å². The van der Waals surface area contributed by atoms with E-state index >= 15 is 0 Å². The molecule has 1 saturated heterocycles. The molecule has 4 nitrogen and oxygen atoms in total. The van der Waals surface area contributed by atoms with Crippen LogP contribution >= 0.6 is 0 Å². The summed E-state index contributed by atoms with van der Waals surface area (Å²) in [5, 5.41) is 2.71. The average Bonchev–Trinajstić information content (AvgIpc) is 2.64. The van der Waals surface area contributed by atoms with Crippen molar-refractivity contribution in [1.29, 1.82) is 0 Å². The Labute approximate surface area is 146 Å². The number of benzene rings is 2. The van der Waals surface area contributed by atoms with Crippen LogP contribution in [0.4, 0.5) is 10.1 Å². The summed E-state index contributed by atoms with van der Waals surface area (Å²) in [6.45, 7) is 3.71. The minimum absolute atomic E-state index is 0.0386. The van der Waals surface area contributed by atoms with Gasteiger partial charge < -0.3 is 10.2 Å². The lowest BCUT2D eigenvalue weighted by atomic mass is 9.98. The molecule has 5 heteroatoms. The first kappa shape index (κ1) is 17.1. The van der Waals surface area contributed by atoms with E-state index in [-0.39, 0.29) is 17.6 Å². The van der Waals surface area contributed by atoms with Gasteiger partial charge in [-0.3, -0.25) is 9.59 Å². The van der Waals surface area contributed by atoms with E-state index in [2.05, 4.69) is 12.2 Å². The van der Waals surface area contributed by atoms with Crippen LogP contribution in [0, 0.1) is 11.7 Å². The fourth-order valence-corrected chi connectivity index (χ4v) is 2.92. The van der Waals surface area contributed by atoms with Crippen molar-refractivity contribution in [2.45, 2.75) is 19.8 Å². The fraction of sp³-hybridized carbons (Fsp3) is 0.300. The maximum Gasteiger partial charge on any atom is 0.255 e. The summed E-state index contributed by atoms with van der Waals surface area (Å²) in [4.78, 5) is 26.8. The van der Waals surface area contributed by atoms with Crippen LogP contribution in [-0.4, -0.2) is 29.8 Å². The summed E-state index contributed by atoms with van der Waals surface area (Å²) in [6.07, 6.45) is 2.02. The minimum atomic E-state index is -0.360. The third-order valence-electron chi connectivity index (χ3n) is 4.54. The van der Waals surface area contributed by atoms with Crippen molar-refractivity contribution in [3.8, 4) is 0 Å². The first-order valence-corrected chi connectivity index (χ1v) is 8.49. The van der Waals surface area contributed by atoms with E-state index < -0.39 is 0 Å². The molecule has 25 heavy (non-hydrogen) atoms. The molecule has 0 atom stereocenters. The molecule has 0 unspecified atom stereocenters. The molecule has 2 aromatic rings. The molecule has 1 N–H and O–H groups in total. The Bertz CT molecular complexity index is 766. The van der Waals surface area contributed by atoms with Gasteiger partial charge in [-0.25, -0.2) is 4.39 Å². The number of hydrogen-bond acceptors (Lipinski definition) is 2. The molecule has 2 aromatic carbocycles. The van der Waals surface area contributed by atoms with Crippen LogP contribution in [0.1, 0.15) is 40.5 Å². The molecule has 3 rings (SSSR count). The summed E-state index contributed by atoms with van der Waals surface area (Å²) < 4.78 is 12.9. The predicted molar refractivity (Wildman–Crippen MR) is 95.1 cm³/mol. The number of carbonyl (C=O) groups excluding carboxylic acids is 2. The van der Waals surface area contributed by atoms with Gasteiger partial charge >= 0.3 is 0 Å². The Hall–Kier alpha value is -2.69. The highest BCUT2D eigenvalue weighted by Gasteiger charge is 2.22. The molecule has 0 spiro atoms. The smallest absolute Gasteiger partial charge is 0.255 e. The SMILES string of the molecule is CC1CCN(C(=O)c2cccc(C(=O)Nc3ccc(F)cc3)c2)CC1. The molecular weight excluding hydrogens is 319 g/mol. The predicted octanol–water partition coefficient (Wildman–Crippen LogP) is 3.95. The van der Waals surface area contributed by atoms with E-state index in [1.165, 1.54) is 24.3 Å². The van der Waals surface area contributed by atoms with Gasteiger partial charge in [0.05, 0.1) is 0 Å². The van der Waals surface area contributed by atoms with Gasteiger partial charge in [-0.15, -0.1) is 0 Å². The van der Waals surface area contributed by atoms with E-state index in [0.717, 1.165) is 25.9 Å². The van der Waals surface area contributed by atoms with Gasteiger partial charge in [0.1, 0.15) is 5.82 Å². The average molecular weight is 340 g/mol. The van der Waals surface area contributed by atoms with Crippen LogP contribution < -0.4 is 5.32 Å². The molecule has 1 fully saturated rings. The summed E-state index contributed by atoms with van der Waals surface area (Å²) in [5.74, 6) is -0.0739. The Morgan fingerprint density at radius 1 is 1.04 bits per heavy atom. The van der Waals surface area contributed by atoms with Crippen molar-refractivity contribution in [3.05, 3.63) is 65.5 Å². The van der Waals surface area contributed by atoms with Crippen LogP contribution in [0.3, 0.4) is 0 Å². The first-order chi connectivity index (χ1) is 12.0. The molecule has 0 aliphatic carbocycles. The molecule has 0 bridgehead atoms.